The second-order valence-corrected chi connectivity index (χ2v) is 6.15. The van der Waals surface area contributed by atoms with Gasteiger partial charge in [0.15, 0.2) is 17.6 Å². The minimum absolute atomic E-state index is 0. The molecular formula is C21H26ClNO5. The first-order valence-corrected chi connectivity index (χ1v) is 9.10. The molecule has 2 atom stereocenters. The summed E-state index contributed by atoms with van der Waals surface area (Å²) < 4.78 is 22.9. The minimum atomic E-state index is -0.389. The lowest BCUT2D eigenvalue weighted by Crippen LogP contribution is -2.48. The van der Waals surface area contributed by atoms with Crippen LogP contribution in [-0.2, 0) is 9.47 Å². The van der Waals surface area contributed by atoms with Crippen molar-refractivity contribution in [3.8, 4) is 11.5 Å². The van der Waals surface area contributed by atoms with Gasteiger partial charge in [-0.1, -0.05) is 42.5 Å². The van der Waals surface area contributed by atoms with Gasteiger partial charge in [-0.3, -0.25) is 0 Å². The monoisotopic (exact) mass is 407 g/mol. The smallest absolute Gasteiger partial charge is 0.409 e. The van der Waals surface area contributed by atoms with E-state index < -0.39 is 0 Å². The molecule has 2 aromatic rings. The van der Waals surface area contributed by atoms with Gasteiger partial charge in [-0.15, -0.1) is 12.4 Å². The second kappa shape index (κ2) is 10.8. The first kappa shape index (κ1) is 21.9. The number of carbonyl (C=O) groups is 1. The highest BCUT2D eigenvalue weighted by Crippen LogP contribution is 2.34. The van der Waals surface area contributed by atoms with Gasteiger partial charge in [-0.25, -0.2) is 4.79 Å². The van der Waals surface area contributed by atoms with E-state index in [0.717, 1.165) is 5.56 Å². The number of halogens is 1. The lowest BCUT2D eigenvalue weighted by molar-refractivity contribution is -0.0779. The predicted molar refractivity (Wildman–Crippen MR) is 108 cm³/mol. The molecule has 2 unspecified atom stereocenters. The number of morpholine rings is 1. The molecule has 0 bridgehead atoms. The molecule has 0 aromatic heterocycles. The first-order valence-electron chi connectivity index (χ1n) is 9.10. The van der Waals surface area contributed by atoms with E-state index in [9.17, 15) is 4.79 Å². The van der Waals surface area contributed by atoms with Crippen LogP contribution in [-0.4, -0.2) is 50.5 Å². The Morgan fingerprint density at radius 2 is 1.82 bits per heavy atom. The Kier molecular flexibility index (Phi) is 8.42. The van der Waals surface area contributed by atoms with Crippen LogP contribution in [0.25, 0.3) is 0 Å². The molecule has 0 radical (unpaired) electrons. The van der Waals surface area contributed by atoms with Gasteiger partial charge in [0, 0.05) is 6.54 Å². The van der Waals surface area contributed by atoms with Crippen LogP contribution in [0.2, 0.25) is 0 Å². The van der Waals surface area contributed by atoms with Gasteiger partial charge in [0.2, 0.25) is 0 Å². The van der Waals surface area contributed by atoms with Crippen LogP contribution in [0.1, 0.15) is 18.6 Å². The number of rotatable bonds is 6. The lowest BCUT2D eigenvalue weighted by Gasteiger charge is -2.36. The maximum absolute atomic E-state index is 12.1. The van der Waals surface area contributed by atoms with Crippen LogP contribution in [0, 0.1) is 0 Å². The summed E-state index contributed by atoms with van der Waals surface area (Å²) in [4.78, 5) is 13.8. The highest BCUT2D eigenvalue weighted by atomic mass is 35.5. The molecule has 28 heavy (non-hydrogen) atoms. The van der Waals surface area contributed by atoms with Crippen molar-refractivity contribution < 1.29 is 23.7 Å². The van der Waals surface area contributed by atoms with Crippen LogP contribution >= 0.6 is 12.4 Å². The molecular weight excluding hydrogens is 382 g/mol. The fourth-order valence-electron chi connectivity index (χ4n) is 3.09. The van der Waals surface area contributed by atoms with Gasteiger partial charge in [-0.05, 0) is 24.6 Å². The Hall–Kier alpha value is -2.44. The Labute approximate surface area is 171 Å². The molecule has 1 saturated heterocycles. The zero-order chi connectivity index (χ0) is 19.1. The number of nitrogens with zero attached hydrogens (tertiary/aromatic N) is 1. The van der Waals surface area contributed by atoms with E-state index in [0.29, 0.717) is 37.8 Å². The number of hydrogen-bond acceptors (Lipinski definition) is 5. The van der Waals surface area contributed by atoms with E-state index in [4.69, 9.17) is 18.9 Å². The molecule has 1 amide bonds. The van der Waals surface area contributed by atoms with Crippen LogP contribution in [0.4, 0.5) is 4.79 Å². The molecule has 2 aromatic carbocycles. The minimum Gasteiger partial charge on any atom is -0.493 e. The van der Waals surface area contributed by atoms with Crippen LogP contribution < -0.4 is 9.47 Å². The molecule has 152 valence electrons. The highest BCUT2D eigenvalue weighted by Gasteiger charge is 2.33. The number of para-hydroxylation sites is 2. The zero-order valence-electron chi connectivity index (χ0n) is 16.1. The van der Waals surface area contributed by atoms with Crippen LogP contribution in [0.15, 0.2) is 54.6 Å². The van der Waals surface area contributed by atoms with Crippen molar-refractivity contribution in [2.45, 2.75) is 19.1 Å². The third-order valence-electron chi connectivity index (χ3n) is 4.41. The maximum Gasteiger partial charge on any atom is 0.409 e. The molecule has 3 rings (SSSR count). The van der Waals surface area contributed by atoms with Crippen molar-refractivity contribution in [3.05, 3.63) is 60.2 Å². The molecule has 0 aliphatic carbocycles. The van der Waals surface area contributed by atoms with Crippen molar-refractivity contribution in [1.29, 1.82) is 0 Å². The zero-order valence-corrected chi connectivity index (χ0v) is 16.9. The summed E-state index contributed by atoms with van der Waals surface area (Å²) in [5, 5.41) is 0. The number of methoxy groups -OCH3 is 1. The molecule has 0 spiro atoms. The summed E-state index contributed by atoms with van der Waals surface area (Å²) >= 11 is 0. The lowest BCUT2D eigenvalue weighted by atomic mass is 10.0. The summed E-state index contributed by atoms with van der Waals surface area (Å²) in [5.41, 5.74) is 0.971. The Morgan fingerprint density at radius 1 is 1.14 bits per heavy atom. The second-order valence-electron chi connectivity index (χ2n) is 6.15. The van der Waals surface area contributed by atoms with Gasteiger partial charge in [0.1, 0.15) is 6.10 Å². The molecule has 7 heteroatoms. The normalized spacial score (nSPS) is 17.2. The van der Waals surface area contributed by atoms with Crippen molar-refractivity contribution in [3.63, 3.8) is 0 Å². The molecule has 1 aliphatic heterocycles. The van der Waals surface area contributed by atoms with Gasteiger partial charge in [0.05, 0.1) is 26.9 Å². The molecule has 0 saturated carbocycles. The van der Waals surface area contributed by atoms with Crippen LogP contribution in [0.3, 0.4) is 0 Å². The number of ether oxygens (including phenoxy) is 4. The van der Waals surface area contributed by atoms with Gasteiger partial charge < -0.3 is 23.8 Å². The van der Waals surface area contributed by atoms with Gasteiger partial charge >= 0.3 is 6.09 Å². The third kappa shape index (κ3) is 5.30. The summed E-state index contributed by atoms with van der Waals surface area (Å²) in [7, 11) is 1.61. The SMILES string of the molecule is CCOC(=O)N1CCOC(C(Oc2ccccc2OC)c2ccccc2)C1.Cl. The van der Waals surface area contributed by atoms with E-state index in [1.807, 2.05) is 54.6 Å². The van der Waals surface area contributed by atoms with Crippen molar-refractivity contribution in [2.75, 3.05) is 33.4 Å². The van der Waals surface area contributed by atoms with E-state index in [2.05, 4.69) is 0 Å². The molecule has 1 heterocycles. The molecule has 6 nitrogen and oxygen atoms in total. The van der Waals surface area contributed by atoms with Crippen molar-refractivity contribution >= 4 is 18.5 Å². The molecule has 1 aliphatic rings. The average molecular weight is 408 g/mol. The van der Waals surface area contributed by atoms with Crippen molar-refractivity contribution in [1.82, 2.24) is 4.90 Å². The summed E-state index contributed by atoms with van der Waals surface area (Å²) in [6, 6.07) is 17.4. The molecule has 1 fully saturated rings. The standard InChI is InChI=1S/C21H25NO5.ClH/c1-3-25-21(23)22-13-14-26-19(15-22)20(16-9-5-4-6-10-16)27-18-12-8-7-11-17(18)24-2;/h4-12,19-20H,3,13-15H2,1-2H3;1H. The quantitative estimate of drug-likeness (QED) is 0.721. The number of carbonyl (C=O) groups excluding carboxylic acids is 1. The first-order chi connectivity index (χ1) is 13.2. The van der Waals surface area contributed by atoms with E-state index in [-0.39, 0.29) is 30.7 Å². The fourth-order valence-corrected chi connectivity index (χ4v) is 3.09. The van der Waals surface area contributed by atoms with Crippen LogP contribution in [0.5, 0.6) is 11.5 Å². The maximum atomic E-state index is 12.1. The number of amides is 1. The molecule has 0 N–H and O–H groups in total. The summed E-state index contributed by atoms with van der Waals surface area (Å²) in [5.74, 6) is 1.28. The van der Waals surface area contributed by atoms with E-state index >= 15 is 0 Å². The van der Waals surface area contributed by atoms with Gasteiger partial charge in [-0.2, -0.15) is 0 Å². The largest absolute Gasteiger partial charge is 0.493 e. The third-order valence-corrected chi connectivity index (χ3v) is 4.41. The summed E-state index contributed by atoms with van der Waals surface area (Å²) in [6.45, 7) is 3.48. The number of benzene rings is 2. The van der Waals surface area contributed by atoms with Gasteiger partial charge in [0.25, 0.3) is 0 Å². The fraction of sp³-hybridized carbons (Fsp3) is 0.381. The Balaban J connectivity index is 0.00000280. The average Bonchev–Trinajstić information content (AvgIpc) is 2.73. The Bertz CT molecular complexity index is 743. The summed E-state index contributed by atoms with van der Waals surface area (Å²) in [6.07, 6.45) is -1.04. The highest BCUT2D eigenvalue weighted by molar-refractivity contribution is 5.85. The topological polar surface area (TPSA) is 57.2 Å². The number of hydrogen-bond donors (Lipinski definition) is 0. The van der Waals surface area contributed by atoms with Crippen molar-refractivity contribution in [2.24, 2.45) is 0 Å². The van der Waals surface area contributed by atoms with E-state index in [1.54, 1.807) is 18.9 Å². The Morgan fingerprint density at radius 3 is 2.50 bits per heavy atom. The predicted octanol–water partition coefficient (Wildman–Crippen LogP) is 4.09. The van der Waals surface area contributed by atoms with E-state index in [1.165, 1.54) is 0 Å².